The summed E-state index contributed by atoms with van der Waals surface area (Å²) in [7, 11) is -3.68. The second-order valence-corrected chi connectivity index (χ2v) is 8.35. The SMILES string of the molecule is O=S(=O)(c1ccc(F)cc1)N(Cc1cccs1)C1CCOCC1. The van der Waals surface area contributed by atoms with Gasteiger partial charge in [-0.15, -0.1) is 11.3 Å². The number of hydrogen-bond donors (Lipinski definition) is 0. The average Bonchev–Trinajstić information content (AvgIpc) is 3.07. The molecule has 0 bridgehead atoms. The summed E-state index contributed by atoms with van der Waals surface area (Å²) < 4.78 is 46.1. The Morgan fingerprint density at radius 2 is 1.87 bits per heavy atom. The Hall–Kier alpha value is -1.28. The van der Waals surface area contributed by atoms with Gasteiger partial charge in [0, 0.05) is 30.7 Å². The van der Waals surface area contributed by atoms with Crippen molar-refractivity contribution in [2.24, 2.45) is 0 Å². The van der Waals surface area contributed by atoms with Gasteiger partial charge in [0.2, 0.25) is 10.0 Å². The first kappa shape index (κ1) is 16.6. The smallest absolute Gasteiger partial charge is 0.243 e. The van der Waals surface area contributed by atoms with Crippen LogP contribution in [0.1, 0.15) is 17.7 Å². The molecule has 7 heteroatoms. The fraction of sp³-hybridized carbons (Fsp3) is 0.375. The first-order valence-corrected chi connectivity index (χ1v) is 9.77. The molecule has 1 aliphatic rings. The van der Waals surface area contributed by atoms with Crippen molar-refractivity contribution in [3.05, 3.63) is 52.5 Å². The topological polar surface area (TPSA) is 46.6 Å². The number of halogens is 1. The molecule has 0 N–H and O–H groups in total. The molecule has 1 saturated heterocycles. The summed E-state index contributed by atoms with van der Waals surface area (Å²) in [6.45, 7) is 1.46. The largest absolute Gasteiger partial charge is 0.381 e. The molecule has 0 aliphatic carbocycles. The van der Waals surface area contributed by atoms with Crippen LogP contribution in [0, 0.1) is 5.82 Å². The predicted octanol–water partition coefficient (Wildman–Crippen LogP) is 3.26. The van der Waals surface area contributed by atoms with Gasteiger partial charge in [-0.25, -0.2) is 12.8 Å². The molecule has 0 amide bonds. The molecule has 1 aliphatic heterocycles. The molecule has 124 valence electrons. The van der Waals surface area contributed by atoms with Gasteiger partial charge in [0.1, 0.15) is 5.82 Å². The van der Waals surface area contributed by atoms with Crippen LogP contribution in [0.4, 0.5) is 4.39 Å². The van der Waals surface area contributed by atoms with Gasteiger partial charge in [0.15, 0.2) is 0 Å². The first-order chi connectivity index (χ1) is 11.1. The summed E-state index contributed by atoms with van der Waals surface area (Å²) in [5.74, 6) is -0.445. The number of nitrogens with zero attached hydrogens (tertiary/aromatic N) is 1. The van der Waals surface area contributed by atoms with E-state index in [9.17, 15) is 12.8 Å². The maximum atomic E-state index is 13.1. The summed E-state index contributed by atoms with van der Waals surface area (Å²) >= 11 is 1.53. The molecular weight excluding hydrogens is 337 g/mol. The third kappa shape index (κ3) is 3.80. The zero-order valence-electron chi connectivity index (χ0n) is 12.5. The molecular formula is C16H18FNO3S2. The van der Waals surface area contributed by atoms with Crippen molar-refractivity contribution in [2.75, 3.05) is 13.2 Å². The van der Waals surface area contributed by atoms with E-state index in [1.807, 2.05) is 17.5 Å². The fourth-order valence-corrected chi connectivity index (χ4v) is 5.13. The van der Waals surface area contributed by atoms with Gasteiger partial charge < -0.3 is 4.74 Å². The van der Waals surface area contributed by atoms with Gasteiger partial charge in [0.05, 0.1) is 4.90 Å². The molecule has 3 rings (SSSR count). The Labute approximate surface area is 139 Å². The third-order valence-corrected chi connectivity index (χ3v) is 6.68. The second-order valence-electron chi connectivity index (χ2n) is 5.43. The van der Waals surface area contributed by atoms with Crippen LogP contribution < -0.4 is 0 Å². The first-order valence-electron chi connectivity index (χ1n) is 7.45. The summed E-state index contributed by atoms with van der Waals surface area (Å²) in [4.78, 5) is 1.11. The molecule has 23 heavy (non-hydrogen) atoms. The molecule has 4 nitrogen and oxygen atoms in total. The lowest BCUT2D eigenvalue weighted by atomic mass is 10.1. The predicted molar refractivity (Wildman–Crippen MR) is 87.3 cm³/mol. The van der Waals surface area contributed by atoms with Crippen LogP contribution in [0.25, 0.3) is 0 Å². The van der Waals surface area contributed by atoms with Crippen LogP contribution in [-0.2, 0) is 21.3 Å². The van der Waals surface area contributed by atoms with E-state index < -0.39 is 15.8 Å². The van der Waals surface area contributed by atoms with Gasteiger partial charge in [-0.2, -0.15) is 4.31 Å². The minimum absolute atomic E-state index is 0.0964. The molecule has 1 aromatic heterocycles. The second kappa shape index (κ2) is 7.09. The lowest BCUT2D eigenvalue weighted by Gasteiger charge is -2.33. The standard InChI is InChI=1S/C16H18FNO3S2/c17-13-3-5-16(6-4-13)23(19,20)18(12-15-2-1-11-22-15)14-7-9-21-10-8-14/h1-6,11,14H,7-10,12H2. The summed E-state index contributed by atoms with van der Waals surface area (Å²) in [6, 6.07) is 8.75. The lowest BCUT2D eigenvalue weighted by Crippen LogP contribution is -2.42. The molecule has 1 aromatic carbocycles. The maximum Gasteiger partial charge on any atom is 0.243 e. The van der Waals surface area contributed by atoms with Crippen LogP contribution in [-0.4, -0.2) is 32.0 Å². The quantitative estimate of drug-likeness (QED) is 0.827. The fourth-order valence-electron chi connectivity index (χ4n) is 2.68. The molecule has 2 aromatic rings. The molecule has 0 radical (unpaired) electrons. The highest BCUT2D eigenvalue weighted by atomic mass is 32.2. The van der Waals surface area contributed by atoms with E-state index in [2.05, 4.69) is 0 Å². The van der Waals surface area contributed by atoms with E-state index in [1.54, 1.807) is 0 Å². The highest BCUT2D eigenvalue weighted by Crippen LogP contribution is 2.27. The Kier molecular flexibility index (Phi) is 5.11. The summed E-state index contributed by atoms with van der Waals surface area (Å²) in [6.07, 6.45) is 1.34. The van der Waals surface area contributed by atoms with E-state index in [4.69, 9.17) is 4.74 Å². The van der Waals surface area contributed by atoms with Crippen molar-refractivity contribution >= 4 is 21.4 Å². The highest BCUT2D eigenvalue weighted by Gasteiger charge is 2.33. The van der Waals surface area contributed by atoms with Crippen LogP contribution in [0.5, 0.6) is 0 Å². The Morgan fingerprint density at radius 1 is 1.17 bits per heavy atom. The number of benzene rings is 1. The van der Waals surface area contributed by atoms with Gasteiger partial charge in [0.25, 0.3) is 0 Å². The monoisotopic (exact) mass is 355 g/mol. The van der Waals surface area contributed by atoms with E-state index in [1.165, 1.54) is 39.9 Å². The van der Waals surface area contributed by atoms with E-state index >= 15 is 0 Å². The van der Waals surface area contributed by atoms with Crippen molar-refractivity contribution in [1.82, 2.24) is 4.31 Å². The van der Waals surface area contributed by atoms with Crippen molar-refractivity contribution in [3.63, 3.8) is 0 Å². The van der Waals surface area contributed by atoms with Gasteiger partial charge in [-0.1, -0.05) is 6.07 Å². The van der Waals surface area contributed by atoms with Gasteiger partial charge >= 0.3 is 0 Å². The number of ether oxygens (including phenoxy) is 1. The molecule has 0 atom stereocenters. The Morgan fingerprint density at radius 3 is 2.48 bits per heavy atom. The third-order valence-electron chi connectivity index (χ3n) is 3.91. The Bertz CT molecular complexity index is 723. The normalized spacial score (nSPS) is 16.8. The number of thiophene rings is 1. The average molecular weight is 355 g/mol. The van der Waals surface area contributed by atoms with Crippen LogP contribution in [0.2, 0.25) is 0 Å². The molecule has 2 heterocycles. The zero-order valence-corrected chi connectivity index (χ0v) is 14.2. The molecule has 1 fully saturated rings. The van der Waals surface area contributed by atoms with Gasteiger partial charge in [-0.05, 0) is 48.6 Å². The molecule has 0 spiro atoms. The molecule has 0 saturated carbocycles. The number of sulfonamides is 1. The van der Waals surface area contributed by atoms with Crippen molar-refractivity contribution in [2.45, 2.75) is 30.3 Å². The minimum atomic E-state index is -3.68. The number of rotatable bonds is 5. The van der Waals surface area contributed by atoms with Crippen molar-refractivity contribution in [3.8, 4) is 0 Å². The lowest BCUT2D eigenvalue weighted by molar-refractivity contribution is 0.0571. The summed E-state index contributed by atoms with van der Waals surface area (Å²) in [5, 5.41) is 1.93. The number of hydrogen-bond acceptors (Lipinski definition) is 4. The molecule has 0 unspecified atom stereocenters. The van der Waals surface area contributed by atoms with E-state index in [0.29, 0.717) is 32.6 Å². The Balaban J connectivity index is 1.93. The van der Waals surface area contributed by atoms with E-state index in [0.717, 1.165) is 4.88 Å². The van der Waals surface area contributed by atoms with Crippen LogP contribution >= 0.6 is 11.3 Å². The zero-order chi connectivity index (χ0) is 16.3. The van der Waals surface area contributed by atoms with Crippen LogP contribution in [0.15, 0.2) is 46.7 Å². The van der Waals surface area contributed by atoms with Gasteiger partial charge in [-0.3, -0.25) is 0 Å². The summed E-state index contributed by atoms with van der Waals surface area (Å²) in [5.41, 5.74) is 0. The van der Waals surface area contributed by atoms with E-state index in [-0.39, 0.29) is 10.9 Å². The maximum absolute atomic E-state index is 13.1. The van der Waals surface area contributed by atoms with Crippen molar-refractivity contribution in [1.29, 1.82) is 0 Å². The van der Waals surface area contributed by atoms with Crippen molar-refractivity contribution < 1.29 is 17.5 Å². The highest BCUT2D eigenvalue weighted by molar-refractivity contribution is 7.89. The van der Waals surface area contributed by atoms with Crippen LogP contribution in [0.3, 0.4) is 0 Å². The minimum Gasteiger partial charge on any atom is -0.381 e.